The van der Waals surface area contributed by atoms with Crippen molar-refractivity contribution in [1.82, 2.24) is 24.5 Å². The van der Waals surface area contributed by atoms with E-state index < -0.39 is 0 Å². The van der Waals surface area contributed by atoms with Gasteiger partial charge in [0.05, 0.1) is 30.3 Å². The molecule has 3 heterocycles. The molecule has 1 fully saturated rings. The van der Waals surface area contributed by atoms with Gasteiger partial charge in [0.1, 0.15) is 11.5 Å². The van der Waals surface area contributed by atoms with Crippen LogP contribution in [0.3, 0.4) is 0 Å². The number of carbonyl (C=O) groups is 1. The predicted molar refractivity (Wildman–Crippen MR) is 121 cm³/mol. The van der Waals surface area contributed by atoms with Crippen molar-refractivity contribution in [2.75, 3.05) is 23.7 Å². The highest BCUT2D eigenvalue weighted by atomic mass is 32.1. The molecular formula is C21H24FN7OS. The summed E-state index contributed by atoms with van der Waals surface area (Å²) in [7, 11) is 1.75. The van der Waals surface area contributed by atoms with E-state index in [9.17, 15) is 9.18 Å². The van der Waals surface area contributed by atoms with E-state index in [-0.39, 0.29) is 11.7 Å². The first-order valence-corrected chi connectivity index (χ1v) is 10.6. The Bertz CT molecular complexity index is 1070. The molecule has 1 aliphatic heterocycles. The number of carbonyl (C=O) groups excluding carboxylic acids is 1. The van der Waals surface area contributed by atoms with Crippen LogP contribution in [0, 0.1) is 5.82 Å². The smallest absolute Gasteiger partial charge is 0.274 e. The molecule has 1 aromatic carbocycles. The molecule has 0 spiro atoms. The lowest BCUT2D eigenvalue weighted by molar-refractivity contribution is 0.0714. The van der Waals surface area contributed by atoms with Crippen molar-refractivity contribution >= 4 is 34.6 Å². The van der Waals surface area contributed by atoms with E-state index in [0.29, 0.717) is 28.7 Å². The minimum Gasteiger partial charge on any atom is -0.337 e. The summed E-state index contributed by atoms with van der Waals surface area (Å²) < 4.78 is 16.4. The molecule has 31 heavy (non-hydrogen) atoms. The third-order valence-electron chi connectivity index (χ3n) is 5.18. The van der Waals surface area contributed by atoms with Crippen LogP contribution in [-0.2, 0) is 13.6 Å². The van der Waals surface area contributed by atoms with Gasteiger partial charge in [0.15, 0.2) is 5.11 Å². The number of hydrogen-bond acceptors (Lipinski definition) is 4. The second-order valence-electron chi connectivity index (χ2n) is 7.52. The van der Waals surface area contributed by atoms with E-state index in [4.69, 9.17) is 12.2 Å². The van der Waals surface area contributed by atoms with Gasteiger partial charge in [-0.3, -0.25) is 14.2 Å². The molecule has 2 N–H and O–H groups in total. The molecule has 3 aromatic rings. The second kappa shape index (κ2) is 9.25. The Balaban J connectivity index is 1.39. The van der Waals surface area contributed by atoms with Crippen molar-refractivity contribution in [2.24, 2.45) is 7.05 Å². The van der Waals surface area contributed by atoms with E-state index in [2.05, 4.69) is 20.8 Å². The number of amides is 1. The van der Waals surface area contributed by atoms with Crippen LogP contribution in [0.25, 0.3) is 0 Å². The van der Waals surface area contributed by atoms with Crippen molar-refractivity contribution in [3.8, 4) is 0 Å². The Kier molecular flexibility index (Phi) is 6.26. The van der Waals surface area contributed by atoms with E-state index >= 15 is 0 Å². The van der Waals surface area contributed by atoms with Crippen LogP contribution >= 0.6 is 12.2 Å². The highest BCUT2D eigenvalue weighted by Crippen LogP contribution is 2.20. The minimum absolute atomic E-state index is 0.0443. The van der Waals surface area contributed by atoms with Gasteiger partial charge < -0.3 is 15.5 Å². The summed E-state index contributed by atoms with van der Waals surface area (Å²) in [6.07, 6.45) is 8.26. The summed E-state index contributed by atoms with van der Waals surface area (Å²) in [6, 6.07) is 6.29. The molecule has 162 valence electrons. The van der Waals surface area contributed by atoms with Gasteiger partial charge in [0.25, 0.3) is 5.91 Å². The first-order chi connectivity index (χ1) is 15.0. The fourth-order valence-corrected chi connectivity index (χ4v) is 3.83. The molecule has 1 amide bonds. The van der Waals surface area contributed by atoms with Crippen molar-refractivity contribution in [2.45, 2.75) is 25.8 Å². The zero-order chi connectivity index (χ0) is 21.8. The van der Waals surface area contributed by atoms with Gasteiger partial charge in [-0.1, -0.05) is 12.1 Å². The molecule has 8 nitrogen and oxygen atoms in total. The molecule has 0 bridgehead atoms. The van der Waals surface area contributed by atoms with Gasteiger partial charge in [0, 0.05) is 26.3 Å². The molecule has 1 saturated heterocycles. The van der Waals surface area contributed by atoms with Crippen molar-refractivity contribution in [3.05, 3.63) is 59.9 Å². The van der Waals surface area contributed by atoms with Gasteiger partial charge in [0.2, 0.25) is 0 Å². The van der Waals surface area contributed by atoms with Crippen LogP contribution in [-0.4, -0.2) is 48.6 Å². The first-order valence-electron chi connectivity index (χ1n) is 10.2. The average Bonchev–Trinajstić information content (AvgIpc) is 3.35. The number of rotatable bonds is 5. The number of thiocarbonyl (C=S) groups is 1. The number of likely N-dealkylation sites (tertiary alicyclic amines) is 1. The van der Waals surface area contributed by atoms with E-state index in [1.807, 2.05) is 4.90 Å². The maximum Gasteiger partial charge on any atom is 0.274 e. The Morgan fingerprint density at radius 2 is 1.84 bits per heavy atom. The first kappa shape index (κ1) is 21.0. The number of hydrogen-bond donors (Lipinski definition) is 2. The zero-order valence-corrected chi connectivity index (χ0v) is 18.0. The topological polar surface area (TPSA) is 80.0 Å². The van der Waals surface area contributed by atoms with Crippen molar-refractivity contribution in [3.63, 3.8) is 0 Å². The molecule has 0 aliphatic carbocycles. The Hall–Kier alpha value is -3.27. The summed E-state index contributed by atoms with van der Waals surface area (Å²) in [4.78, 5) is 14.8. The number of anilines is 2. The zero-order valence-electron chi connectivity index (χ0n) is 17.2. The van der Waals surface area contributed by atoms with Gasteiger partial charge in [-0.2, -0.15) is 10.2 Å². The summed E-state index contributed by atoms with van der Waals surface area (Å²) in [6.45, 7) is 2.04. The fraction of sp³-hybridized carbons (Fsp3) is 0.333. The lowest BCUT2D eigenvalue weighted by Crippen LogP contribution is -2.37. The highest BCUT2D eigenvalue weighted by molar-refractivity contribution is 7.80. The van der Waals surface area contributed by atoms with Crippen LogP contribution in [0.5, 0.6) is 0 Å². The molecule has 10 heteroatoms. The number of benzene rings is 1. The summed E-state index contributed by atoms with van der Waals surface area (Å²) in [5.74, 6) is -0.311. The van der Waals surface area contributed by atoms with Gasteiger partial charge in [-0.05, 0) is 49.2 Å². The maximum atomic E-state index is 13.1. The quantitative estimate of drug-likeness (QED) is 0.592. The standard InChI is InChI=1S/C21H24FN7OS/c1-27-19(20(30)28-9-3-2-4-10-28)18(12-23-27)26-21(31)25-17-11-24-29(14-17)13-15-5-7-16(22)8-6-15/h5-8,11-12,14H,2-4,9-10,13H2,1H3,(H2,25,26,31). The van der Waals surface area contributed by atoms with Gasteiger partial charge in [-0.15, -0.1) is 0 Å². The van der Waals surface area contributed by atoms with Crippen LogP contribution < -0.4 is 10.6 Å². The van der Waals surface area contributed by atoms with E-state index in [1.165, 1.54) is 12.1 Å². The molecule has 0 saturated carbocycles. The van der Waals surface area contributed by atoms with Gasteiger partial charge in [-0.25, -0.2) is 4.39 Å². The number of aryl methyl sites for hydroxylation is 1. The maximum absolute atomic E-state index is 13.1. The van der Waals surface area contributed by atoms with E-state index in [0.717, 1.165) is 37.9 Å². The lowest BCUT2D eigenvalue weighted by atomic mass is 10.1. The Morgan fingerprint density at radius 3 is 2.58 bits per heavy atom. The number of halogens is 1. The average molecular weight is 442 g/mol. The third-order valence-corrected chi connectivity index (χ3v) is 5.39. The van der Waals surface area contributed by atoms with Crippen molar-refractivity contribution in [1.29, 1.82) is 0 Å². The van der Waals surface area contributed by atoms with Crippen LogP contribution in [0.2, 0.25) is 0 Å². The van der Waals surface area contributed by atoms with Crippen LogP contribution in [0.4, 0.5) is 15.8 Å². The molecule has 4 rings (SSSR count). The minimum atomic E-state index is -0.267. The normalized spacial score (nSPS) is 13.8. The molecule has 0 unspecified atom stereocenters. The number of piperidine rings is 1. The predicted octanol–water partition coefficient (Wildman–Crippen LogP) is 3.24. The third kappa shape index (κ3) is 5.08. The fourth-order valence-electron chi connectivity index (χ4n) is 3.61. The largest absolute Gasteiger partial charge is 0.337 e. The monoisotopic (exact) mass is 441 g/mol. The molecule has 0 radical (unpaired) electrons. The van der Waals surface area contributed by atoms with E-state index in [1.54, 1.807) is 47.1 Å². The Morgan fingerprint density at radius 1 is 1.10 bits per heavy atom. The number of aromatic nitrogens is 4. The SMILES string of the molecule is Cn1ncc(NC(=S)Nc2cnn(Cc3ccc(F)cc3)c2)c1C(=O)N1CCCCC1. The molecule has 0 atom stereocenters. The molecule has 2 aromatic heterocycles. The molecular weight excluding hydrogens is 417 g/mol. The summed E-state index contributed by atoms with van der Waals surface area (Å²) in [5, 5.41) is 15.0. The Labute approximate surface area is 185 Å². The summed E-state index contributed by atoms with van der Waals surface area (Å²) in [5.41, 5.74) is 2.69. The number of nitrogens with one attached hydrogen (secondary N) is 2. The van der Waals surface area contributed by atoms with Crippen LogP contribution in [0.1, 0.15) is 35.3 Å². The second-order valence-corrected chi connectivity index (χ2v) is 7.92. The number of nitrogens with zero attached hydrogens (tertiary/aromatic N) is 5. The van der Waals surface area contributed by atoms with Crippen LogP contribution in [0.15, 0.2) is 42.9 Å². The highest BCUT2D eigenvalue weighted by Gasteiger charge is 2.24. The lowest BCUT2D eigenvalue weighted by Gasteiger charge is -2.27. The van der Waals surface area contributed by atoms with Gasteiger partial charge >= 0.3 is 0 Å². The van der Waals surface area contributed by atoms with Crippen molar-refractivity contribution < 1.29 is 9.18 Å². The summed E-state index contributed by atoms with van der Waals surface area (Å²) >= 11 is 5.42. The molecule has 1 aliphatic rings.